The normalized spacial score (nSPS) is 10.0. The largest absolute Gasteiger partial charge is 0.462 e. The number of rotatable bonds is 4. The number of carbonyl (C=O) groups excluding carboxylic acids is 3. The van der Waals surface area contributed by atoms with Crippen LogP contribution in [-0.2, 0) is 14.3 Å². The van der Waals surface area contributed by atoms with Crippen molar-refractivity contribution in [2.75, 3.05) is 17.2 Å². The van der Waals surface area contributed by atoms with E-state index in [0.717, 1.165) is 11.3 Å². The molecule has 0 aliphatic heterocycles. The minimum absolute atomic E-state index is 0.250. The first kappa shape index (κ1) is 16.6. The molecule has 0 unspecified atom stereocenters. The van der Waals surface area contributed by atoms with E-state index in [9.17, 15) is 14.4 Å². The zero-order chi connectivity index (χ0) is 16.8. The number of nitrogens with zero attached hydrogens (tertiary/aromatic N) is 2. The average Bonchev–Trinajstić information content (AvgIpc) is 2.93. The van der Waals surface area contributed by atoms with E-state index in [4.69, 9.17) is 4.74 Å². The molecule has 1 heterocycles. The smallest absolute Gasteiger partial charge is 0.338 e. The number of benzene rings is 1. The Hall–Kier alpha value is -2.81. The van der Waals surface area contributed by atoms with Crippen molar-refractivity contribution in [2.24, 2.45) is 0 Å². The molecule has 1 aromatic carbocycles. The molecule has 2 amide bonds. The van der Waals surface area contributed by atoms with Crippen molar-refractivity contribution in [3.8, 4) is 0 Å². The van der Waals surface area contributed by atoms with Crippen LogP contribution >= 0.6 is 11.3 Å². The fourth-order valence-electron chi connectivity index (χ4n) is 1.59. The first-order valence-electron chi connectivity index (χ1n) is 6.69. The Kier molecular flexibility index (Phi) is 5.36. The Balaban J connectivity index is 1.94. The molecule has 0 fully saturated rings. The van der Waals surface area contributed by atoms with Gasteiger partial charge in [-0.25, -0.2) is 4.79 Å². The van der Waals surface area contributed by atoms with Gasteiger partial charge < -0.3 is 10.1 Å². The number of esters is 1. The summed E-state index contributed by atoms with van der Waals surface area (Å²) >= 11 is 1.16. The van der Waals surface area contributed by atoms with Crippen molar-refractivity contribution in [2.45, 2.75) is 13.8 Å². The summed E-state index contributed by atoms with van der Waals surface area (Å²) in [5.74, 6) is -2.15. The van der Waals surface area contributed by atoms with Crippen LogP contribution in [0.3, 0.4) is 0 Å². The predicted octanol–water partition coefficient (Wildman–Crippen LogP) is 1.60. The average molecular weight is 334 g/mol. The first-order chi connectivity index (χ1) is 11.0. The summed E-state index contributed by atoms with van der Waals surface area (Å²) in [5, 5.41) is 13.1. The van der Waals surface area contributed by atoms with E-state index >= 15 is 0 Å². The lowest BCUT2D eigenvalue weighted by atomic mass is 10.2. The molecule has 2 N–H and O–H groups in total. The van der Waals surface area contributed by atoms with Crippen molar-refractivity contribution in [1.29, 1.82) is 0 Å². The molecule has 120 valence electrons. The molecular weight excluding hydrogens is 320 g/mol. The van der Waals surface area contributed by atoms with E-state index < -0.39 is 17.8 Å². The lowest BCUT2D eigenvalue weighted by Crippen LogP contribution is -2.29. The van der Waals surface area contributed by atoms with E-state index in [1.807, 2.05) is 0 Å². The lowest BCUT2D eigenvalue weighted by Gasteiger charge is -2.06. The Labute approximate surface area is 135 Å². The molecular formula is C14H14N4O4S. The van der Waals surface area contributed by atoms with Gasteiger partial charge in [-0.1, -0.05) is 11.3 Å². The van der Waals surface area contributed by atoms with Crippen molar-refractivity contribution in [3.05, 3.63) is 34.8 Å². The number of amides is 2. The number of ether oxygens (including phenoxy) is 1. The van der Waals surface area contributed by atoms with Gasteiger partial charge in [-0.2, -0.15) is 0 Å². The standard InChI is InChI=1S/C14H14N4O4S/c1-3-22-13(21)9-4-6-10(7-5-9)15-11(19)12(20)16-14-18-17-8(2)23-14/h4-7H,3H2,1-2H3,(H,15,19)(H,16,18,20). The monoisotopic (exact) mass is 334 g/mol. The van der Waals surface area contributed by atoms with Crippen LogP contribution in [0, 0.1) is 6.92 Å². The van der Waals surface area contributed by atoms with Crippen LogP contribution in [-0.4, -0.2) is 34.6 Å². The number of hydrogen-bond acceptors (Lipinski definition) is 7. The second-order valence-corrected chi connectivity index (χ2v) is 5.51. The quantitative estimate of drug-likeness (QED) is 0.649. The van der Waals surface area contributed by atoms with Gasteiger partial charge in [0.25, 0.3) is 0 Å². The highest BCUT2D eigenvalue weighted by molar-refractivity contribution is 7.15. The third-order valence-corrected chi connectivity index (χ3v) is 3.36. The molecule has 9 heteroatoms. The van der Waals surface area contributed by atoms with Crippen LogP contribution in [0.5, 0.6) is 0 Å². The third kappa shape index (κ3) is 4.58. The van der Waals surface area contributed by atoms with Crippen molar-refractivity contribution in [3.63, 3.8) is 0 Å². The zero-order valence-electron chi connectivity index (χ0n) is 12.5. The van der Waals surface area contributed by atoms with Gasteiger partial charge in [-0.3, -0.25) is 14.9 Å². The molecule has 0 aliphatic rings. The third-order valence-electron chi connectivity index (χ3n) is 2.61. The maximum Gasteiger partial charge on any atom is 0.338 e. The zero-order valence-corrected chi connectivity index (χ0v) is 13.3. The number of aryl methyl sites for hydroxylation is 1. The van der Waals surface area contributed by atoms with Gasteiger partial charge in [-0.05, 0) is 38.1 Å². The van der Waals surface area contributed by atoms with E-state index in [2.05, 4.69) is 20.8 Å². The van der Waals surface area contributed by atoms with Crippen LogP contribution in [0.15, 0.2) is 24.3 Å². The summed E-state index contributed by atoms with van der Waals surface area (Å²) < 4.78 is 4.85. The summed E-state index contributed by atoms with van der Waals surface area (Å²) in [6.07, 6.45) is 0. The maximum absolute atomic E-state index is 11.8. The van der Waals surface area contributed by atoms with E-state index in [-0.39, 0.29) is 11.7 Å². The lowest BCUT2D eigenvalue weighted by molar-refractivity contribution is -0.133. The number of anilines is 2. The fourth-order valence-corrected chi connectivity index (χ4v) is 2.18. The molecule has 23 heavy (non-hydrogen) atoms. The topological polar surface area (TPSA) is 110 Å². The van der Waals surface area contributed by atoms with Crippen molar-refractivity contribution >= 4 is 39.9 Å². The predicted molar refractivity (Wildman–Crippen MR) is 84.3 cm³/mol. The Morgan fingerprint density at radius 1 is 1.09 bits per heavy atom. The molecule has 2 aromatic rings. The Morgan fingerprint density at radius 3 is 2.30 bits per heavy atom. The minimum Gasteiger partial charge on any atom is -0.462 e. The number of aromatic nitrogens is 2. The number of nitrogens with one attached hydrogen (secondary N) is 2. The highest BCUT2D eigenvalue weighted by atomic mass is 32.1. The Morgan fingerprint density at radius 2 is 1.74 bits per heavy atom. The highest BCUT2D eigenvalue weighted by Crippen LogP contribution is 2.14. The Bertz CT molecular complexity index is 727. The van der Waals surface area contributed by atoms with Gasteiger partial charge in [0.15, 0.2) is 0 Å². The number of hydrogen-bond donors (Lipinski definition) is 2. The second kappa shape index (κ2) is 7.45. The van der Waals surface area contributed by atoms with Crippen LogP contribution in [0.1, 0.15) is 22.3 Å². The summed E-state index contributed by atoms with van der Waals surface area (Å²) in [4.78, 5) is 35.0. The molecule has 0 saturated carbocycles. The van der Waals surface area contributed by atoms with Gasteiger partial charge in [0.2, 0.25) is 5.13 Å². The summed E-state index contributed by atoms with van der Waals surface area (Å²) in [6.45, 7) is 3.73. The molecule has 0 atom stereocenters. The molecule has 2 rings (SSSR count). The molecule has 0 bridgehead atoms. The summed E-state index contributed by atoms with van der Waals surface area (Å²) in [5.41, 5.74) is 0.741. The van der Waals surface area contributed by atoms with E-state index in [1.165, 1.54) is 24.3 Å². The first-order valence-corrected chi connectivity index (χ1v) is 7.51. The van der Waals surface area contributed by atoms with Crippen LogP contribution in [0.25, 0.3) is 0 Å². The van der Waals surface area contributed by atoms with E-state index in [1.54, 1.807) is 13.8 Å². The van der Waals surface area contributed by atoms with Gasteiger partial charge in [-0.15, -0.1) is 10.2 Å². The minimum atomic E-state index is -0.851. The molecule has 0 spiro atoms. The summed E-state index contributed by atoms with van der Waals surface area (Å²) in [7, 11) is 0. The molecule has 0 saturated heterocycles. The fraction of sp³-hybridized carbons (Fsp3) is 0.214. The molecule has 1 aromatic heterocycles. The van der Waals surface area contributed by atoms with Crippen LogP contribution in [0.2, 0.25) is 0 Å². The van der Waals surface area contributed by atoms with Crippen molar-refractivity contribution in [1.82, 2.24) is 10.2 Å². The maximum atomic E-state index is 11.8. The van der Waals surface area contributed by atoms with Crippen molar-refractivity contribution < 1.29 is 19.1 Å². The van der Waals surface area contributed by atoms with Gasteiger partial charge >= 0.3 is 17.8 Å². The SMILES string of the molecule is CCOC(=O)c1ccc(NC(=O)C(=O)Nc2nnc(C)s2)cc1. The molecule has 0 aliphatic carbocycles. The van der Waals surface area contributed by atoms with Gasteiger partial charge in [0.1, 0.15) is 5.01 Å². The van der Waals surface area contributed by atoms with Crippen LogP contribution < -0.4 is 10.6 Å². The molecule has 0 radical (unpaired) electrons. The number of carbonyl (C=O) groups is 3. The van der Waals surface area contributed by atoms with Gasteiger partial charge in [0.05, 0.1) is 12.2 Å². The second-order valence-electron chi connectivity index (χ2n) is 4.33. The summed E-state index contributed by atoms with van der Waals surface area (Å²) in [6, 6.07) is 6.01. The molecule has 8 nitrogen and oxygen atoms in total. The van der Waals surface area contributed by atoms with E-state index in [0.29, 0.717) is 16.3 Å². The highest BCUT2D eigenvalue weighted by Gasteiger charge is 2.16. The van der Waals surface area contributed by atoms with Gasteiger partial charge in [0, 0.05) is 5.69 Å². The van der Waals surface area contributed by atoms with Crippen LogP contribution in [0.4, 0.5) is 10.8 Å².